The van der Waals surface area contributed by atoms with Gasteiger partial charge in [-0.2, -0.15) is 13.2 Å². The lowest BCUT2D eigenvalue weighted by molar-refractivity contribution is -0.136. The van der Waals surface area contributed by atoms with E-state index in [0.29, 0.717) is 18.2 Å². The molecule has 178 valence electrons. The smallest absolute Gasteiger partial charge is 0.321 e. The quantitative estimate of drug-likeness (QED) is 0.347. The van der Waals surface area contributed by atoms with Crippen molar-refractivity contribution in [1.29, 1.82) is 0 Å². The molecule has 0 atom stereocenters. The number of halogens is 7. The molecule has 12 heteroatoms. The van der Waals surface area contributed by atoms with Gasteiger partial charge in [0.2, 0.25) is 0 Å². The Morgan fingerprint density at radius 3 is 2.12 bits per heavy atom. The number of anilines is 3. The molecule has 0 bridgehead atoms. The number of nitrogens with one attached hydrogen (secondary N) is 3. The Hall–Kier alpha value is -4.09. The third-order valence-electron chi connectivity index (χ3n) is 4.40. The summed E-state index contributed by atoms with van der Waals surface area (Å²) in [6.45, 7) is 0. The van der Waals surface area contributed by atoms with Crippen molar-refractivity contribution in [3.8, 4) is 0 Å². The number of urea groups is 1. The van der Waals surface area contributed by atoms with Crippen LogP contribution < -0.4 is 16.0 Å². The van der Waals surface area contributed by atoms with Crippen LogP contribution in [0.4, 0.5) is 52.6 Å². The van der Waals surface area contributed by atoms with E-state index in [4.69, 9.17) is 0 Å². The van der Waals surface area contributed by atoms with Gasteiger partial charge < -0.3 is 16.0 Å². The van der Waals surface area contributed by atoms with Crippen LogP contribution in [0.15, 0.2) is 60.7 Å². The zero-order valence-electron chi connectivity index (χ0n) is 16.8. The van der Waals surface area contributed by atoms with Crippen LogP contribution in [-0.2, 0) is 6.18 Å². The molecular weight excluding hydrogens is 471 g/mol. The molecule has 0 aliphatic carbocycles. The van der Waals surface area contributed by atoms with Gasteiger partial charge in [-0.1, -0.05) is 12.1 Å². The van der Waals surface area contributed by atoms with E-state index in [1.807, 2.05) is 5.32 Å². The predicted octanol–water partition coefficient (Wildman–Crippen LogP) is 6.82. The Morgan fingerprint density at radius 1 is 0.794 bits per heavy atom. The van der Waals surface area contributed by atoms with Gasteiger partial charge in [0.25, 0.3) is 12.3 Å². The zero-order valence-corrected chi connectivity index (χ0v) is 16.8. The van der Waals surface area contributed by atoms with Crippen LogP contribution in [0.2, 0.25) is 0 Å². The van der Waals surface area contributed by atoms with Crippen molar-refractivity contribution >= 4 is 29.0 Å². The van der Waals surface area contributed by atoms with E-state index in [1.54, 1.807) is 0 Å². The van der Waals surface area contributed by atoms with Gasteiger partial charge >= 0.3 is 12.2 Å². The summed E-state index contributed by atoms with van der Waals surface area (Å²) in [5.41, 5.74) is -3.68. The summed E-state index contributed by atoms with van der Waals surface area (Å²) in [6.07, 6.45) is -7.79. The minimum absolute atomic E-state index is 0.0210. The normalized spacial score (nSPS) is 11.3. The first-order valence-corrected chi connectivity index (χ1v) is 9.38. The number of alkyl halides is 5. The number of carbonyl (C=O) groups is 2. The Kier molecular flexibility index (Phi) is 7.08. The SMILES string of the molecule is O=C(Nc1cccc(C(F)F)c1)Nc1ccc(NC(=O)c2cc(F)ccc2F)c(C(F)(F)F)c1. The Balaban J connectivity index is 1.80. The molecule has 3 aromatic rings. The Bertz CT molecular complexity index is 1230. The summed E-state index contributed by atoms with van der Waals surface area (Å²) in [5, 5.41) is 6.21. The van der Waals surface area contributed by atoms with Gasteiger partial charge in [-0.25, -0.2) is 22.4 Å². The molecule has 3 aromatic carbocycles. The highest BCUT2D eigenvalue weighted by atomic mass is 19.4. The summed E-state index contributed by atoms with van der Waals surface area (Å²) in [7, 11) is 0. The zero-order chi connectivity index (χ0) is 25.0. The molecule has 3 amide bonds. The van der Waals surface area contributed by atoms with Gasteiger partial charge in [-0.3, -0.25) is 4.79 Å². The highest BCUT2D eigenvalue weighted by Gasteiger charge is 2.34. The van der Waals surface area contributed by atoms with E-state index in [9.17, 15) is 40.3 Å². The van der Waals surface area contributed by atoms with Crippen molar-refractivity contribution in [3.63, 3.8) is 0 Å². The molecule has 0 heterocycles. The molecule has 34 heavy (non-hydrogen) atoms. The maximum atomic E-state index is 13.8. The lowest BCUT2D eigenvalue weighted by atomic mass is 10.1. The van der Waals surface area contributed by atoms with Crippen molar-refractivity contribution in [3.05, 3.63) is 89.0 Å². The first-order chi connectivity index (χ1) is 15.9. The second kappa shape index (κ2) is 9.81. The first-order valence-electron chi connectivity index (χ1n) is 9.38. The lowest BCUT2D eigenvalue weighted by Gasteiger charge is -2.16. The molecule has 0 aliphatic heterocycles. The molecular formula is C22H14F7N3O2. The number of rotatable bonds is 5. The van der Waals surface area contributed by atoms with Crippen LogP contribution in [0.1, 0.15) is 27.9 Å². The van der Waals surface area contributed by atoms with E-state index in [1.165, 1.54) is 12.1 Å². The number of amides is 3. The molecule has 0 unspecified atom stereocenters. The summed E-state index contributed by atoms with van der Waals surface area (Å²) in [4.78, 5) is 24.3. The van der Waals surface area contributed by atoms with Crippen LogP contribution in [0.25, 0.3) is 0 Å². The van der Waals surface area contributed by atoms with E-state index in [2.05, 4.69) is 10.6 Å². The van der Waals surface area contributed by atoms with E-state index in [0.717, 1.165) is 30.3 Å². The second-order valence-corrected chi connectivity index (χ2v) is 6.84. The molecule has 0 fully saturated rings. The molecule has 0 saturated heterocycles. The lowest BCUT2D eigenvalue weighted by Crippen LogP contribution is -2.21. The van der Waals surface area contributed by atoms with Gasteiger partial charge in [-0.15, -0.1) is 0 Å². The largest absolute Gasteiger partial charge is 0.418 e. The maximum absolute atomic E-state index is 13.8. The van der Waals surface area contributed by atoms with Gasteiger partial charge in [-0.05, 0) is 48.5 Å². The Labute approximate surface area is 187 Å². The van der Waals surface area contributed by atoms with Crippen LogP contribution in [0.5, 0.6) is 0 Å². The minimum Gasteiger partial charge on any atom is -0.321 e. The van der Waals surface area contributed by atoms with Crippen LogP contribution in [0.3, 0.4) is 0 Å². The molecule has 0 spiro atoms. The Morgan fingerprint density at radius 2 is 1.47 bits per heavy atom. The number of hydrogen-bond acceptors (Lipinski definition) is 2. The molecule has 3 rings (SSSR count). The number of hydrogen-bond donors (Lipinski definition) is 3. The number of carbonyl (C=O) groups excluding carboxylic acids is 2. The monoisotopic (exact) mass is 485 g/mol. The van der Waals surface area contributed by atoms with Gasteiger partial charge in [0.05, 0.1) is 16.8 Å². The highest BCUT2D eigenvalue weighted by Crippen LogP contribution is 2.37. The molecule has 0 aromatic heterocycles. The maximum Gasteiger partial charge on any atom is 0.418 e. The molecule has 5 nitrogen and oxygen atoms in total. The van der Waals surface area contributed by atoms with Gasteiger partial charge in [0.15, 0.2) is 0 Å². The van der Waals surface area contributed by atoms with Gasteiger partial charge in [0.1, 0.15) is 11.6 Å². The van der Waals surface area contributed by atoms with Crippen LogP contribution >= 0.6 is 0 Å². The fourth-order valence-corrected chi connectivity index (χ4v) is 2.87. The first kappa shape index (κ1) is 24.6. The van der Waals surface area contributed by atoms with Crippen LogP contribution in [-0.4, -0.2) is 11.9 Å². The van der Waals surface area contributed by atoms with E-state index < -0.39 is 53.0 Å². The van der Waals surface area contributed by atoms with E-state index in [-0.39, 0.29) is 16.9 Å². The van der Waals surface area contributed by atoms with E-state index >= 15 is 0 Å². The topological polar surface area (TPSA) is 70.2 Å². The van der Waals surface area contributed by atoms with Crippen molar-refractivity contribution in [2.75, 3.05) is 16.0 Å². The summed E-state index contributed by atoms with van der Waals surface area (Å²) in [5.74, 6) is -3.43. The van der Waals surface area contributed by atoms with Crippen molar-refractivity contribution < 1.29 is 40.3 Å². The van der Waals surface area contributed by atoms with Crippen molar-refractivity contribution in [1.82, 2.24) is 0 Å². The van der Waals surface area contributed by atoms with Crippen LogP contribution in [0, 0.1) is 11.6 Å². The third-order valence-corrected chi connectivity index (χ3v) is 4.40. The van der Waals surface area contributed by atoms with Gasteiger partial charge in [0, 0.05) is 16.9 Å². The van der Waals surface area contributed by atoms with Crippen molar-refractivity contribution in [2.24, 2.45) is 0 Å². The fourth-order valence-electron chi connectivity index (χ4n) is 2.87. The summed E-state index contributed by atoms with van der Waals surface area (Å²) in [6, 6.07) is 7.93. The summed E-state index contributed by atoms with van der Waals surface area (Å²) < 4.78 is 93.2. The average molecular weight is 485 g/mol. The summed E-state index contributed by atoms with van der Waals surface area (Å²) >= 11 is 0. The molecule has 0 saturated carbocycles. The standard InChI is InChI=1S/C22H14F7N3O2/c23-12-4-6-17(24)15(9-12)20(33)32-18-7-5-14(10-16(18)22(27,28)29)31-21(34)30-13-3-1-2-11(8-13)19(25)26/h1-10,19H,(H,32,33)(H2,30,31,34). The highest BCUT2D eigenvalue weighted by molar-refractivity contribution is 6.05. The average Bonchev–Trinajstić information content (AvgIpc) is 2.75. The molecule has 3 N–H and O–H groups in total. The van der Waals surface area contributed by atoms with Crippen molar-refractivity contribution in [2.45, 2.75) is 12.6 Å². The second-order valence-electron chi connectivity index (χ2n) is 6.84. The third kappa shape index (κ3) is 6.03. The fraction of sp³-hybridized carbons (Fsp3) is 0.0909. The number of benzene rings is 3. The minimum atomic E-state index is -5.00. The predicted molar refractivity (Wildman–Crippen MR) is 110 cm³/mol. The molecule has 0 radical (unpaired) electrons. The molecule has 0 aliphatic rings.